The maximum atomic E-state index is 12.4. The van der Waals surface area contributed by atoms with Gasteiger partial charge in [0, 0.05) is 24.2 Å². The zero-order valence-electron chi connectivity index (χ0n) is 13.5. The molecule has 0 aliphatic rings. The summed E-state index contributed by atoms with van der Waals surface area (Å²) in [5.74, 6) is 0. The predicted molar refractivity (Wildman–Crippen MR) is 93.9 cm³/mol. The lowest BCUT2D eigenvalue weighted by Gasteiger charge is -2.24. The van der Waals surface area contributed by atoms with Crippen LogP contribution in [-0.2, 0) is 12.1 Å². The van der Waals surface area contributed by atoms with Crippen LogP contribution in [0.15, 0.2) is 40.8 Å². The summed E-state index contributed by atoms with van der Waals surface area (Å²) in [5.41, 5.74) is 1.56. The Hall–Kier alpha value is -2.05. The van der Waals surface area contributed by atoms with E-state index in [1.54, 1.807) is 22.2 Å². The molecule has 0 atom stereocenters. The molecule has 0 spiro atoms. The standard InChI is InChI=1S/C17H20N4OS/c1-12-10-23-16(20-12)17(2,3)19-8-9-21-11-18-14-7-5-4-6-13(14)15(21)22/h4-7,10-11,19H,8-9H2,1-3H3. The average Bonchev–Trinajstić information content (AvgIpc) is 2.97. The van der Waals surface area contributed by atoms with Gasteiger partial charge in [-0.3, -0.25) is 9.36 Å². The highest BCUT2D eigenvalue weighted by atomic mass is 32.1. The van der Waals surface area contributed by atoms with Gasteiger partial charge in [0.2, 0.25) is 0 Å². The van der Waals surface area contributed by atoms with E-state index in [0.717, 1.165) is 16.2 Å². The van der Waals surface area contributed by atoms with Gasteiger partial charge in [-0.2, -0.15) is 0 Å². The van der Waals surface area contributed by atoms with Crippen molar-refractivity contribution in [2.24, 2.45) is 0 Å². The van der Waals surface area contributed by atoms with E-state index in [9.17, 15) is 4.79 Å². The van der Waals surface area contributed by atoms with Crippen molar-refractivity contribution in [1.29, 1.82) is 0 Å². The van der Waals surface area contributed by atoms with Crippen molar-refractivity contribution in [3.05, 3.63) is 57.0 Å². The minimum absolute atomic E-state index is 0.000277. The molecule has 0 aliphatic carbocycles. The maximum absolute atomic E-state index is 12.4. The molecule has 3 rings (SSSR count). The molecule has 2 heterocycles. The van der Waals surface area contributed by atoms with Crippen LogP contribution in [0.4, 0.5) is 0 Å². The molecule has 0 saturated heterocycles. The minimum Gasteiger partial charge on any atom is -0.304 e. The maximum Gasteiger partial charge on any atom is 0.261 e. The topological polar surface area (TPSA) is 59.8 Å². The molecule has 6 heteroatoms. The van der Waals surface area contributed by atoms with Gasteiger partial charge < -0.3 is 5.32 Å². The molecule has 0 radical (unpaired) electrons. The summed E-state index contributed by atoms with van der Waals surface area (Å²) >= 11 is 1.65. The van der Waals surface area contributed by atoms with Crippen LogP contribution in [0.5, 0.6) is 0 Å². The molecular weight excluding hydrogens is 308 g/mol. The molecule has 2 aromatic heterocycles. The van der Waals surface area contributed by atoms with Crippen molar-refractivity contribution in [2.45, 2.75) is 32.9 Å². The molecule has 0 unspecified atom stereocenters. The SMILES string of the molecule is Cc1csc(C(C)(C)NCCn2cnc3ccccc3c2=O)n1. The average molecular weight is 328 g/mol. The fraction of sp³-hybridized carbons (Fsp3) is 0.353. The summed E-state index contributed by atoms with van der Waals surface area (Å²) in [6.45, 7) is 7.45. The fourth-order valence-electron chi connectivity index (χ4n) is 2.47. The second kappa shape index (κ2) is 6.22. The van der Waals surface area contributed by atoms with Crippen molar-refractivity contribution >= 4 is 22.2 Å². The van der Waals surface area contributed by atoms with Gasteiger partial charge in [0.05, 0.1) is 22.8 Å². The zero-order valence-corrected chi connectivity index (χ0v) is 14.4. The largest absolute Gasteiger partial charge is 0.304 e. The fourth-order valence-corrected chi connectivity index (χ4v) is 3.37. The van der Waals surface area contributed by atoms with E-state index < -0.39 is 0 Å². The number of rotatable bonds is 5. The second-order valence-corrected chi connectivity index (χ2v) is 6.96. The lowest BCUT2D eigenvalue weighted by atomic mass is 10.1. The van der Waals surface area contributed by atoms with E-state index in [0.29, 0.717) is 18.5 Å². The van der Waals surface area contributed by atoms with E-state index in [4.69, 9.17) is 0 Å². The highest BCUT2D eigenvalue weighted by Gasteiger charge is 2.22. The first-order valence-corrected chi connectivity index (χ1v) is 8.47. The smallest absolute Gasteiger partial charge is 0.261 e. The van der Waals surface area contributed by atoms with Crippen LogP contribution in [0.3, 0.4) is 0 Å². The van der Waals surface area contributed by atoms with Crippen LogP contribution >= 0.6 is 11.3 Å². The predicted octanol–water partition coefficient (Wildman–Crippen LogP) is 2.69. The molecule has 120 valence electrons. The number of hydrogen-bond acceptors (Lipinski definition) is 5. The van der Waals surface area contributed by atoms with Gasteiger partial charge in [0.1, 0.15) is 5.01 Å². The molecule has 0 saturated carbocycles. The van der Waals surface area contributed by atoms with E-state index >= 15 is 0 Å². The van der Waals surface area contributed by atoms with E-state index in [1.165, 1.54) is 0 Å². The Kier molecular flexibility index (Phi) is 4.28. The lowest BCUT2D eigenvalue weighted by molar-refractivity contribution is 0.387. The van der Waals surface area contributed by atoms with Gasteiger partial charge in [-0.15, -0.1) is 11.3 Å². The molecule has 0 bridgehead atoms. The molecule has 1 N–H and O–H groups in total. The lowest BCUT2D eigenvalue weighted by Crippen LogP contribution is -2.39. The van der Waals surface area contributed by atoms with Crippen LogP contribution in [0.2, 0.25) is 0 Å². The van der Waals surface area contributed by atoms with Gasteiger partial charge in [0.25, 0.3) is 5.56 Å². The Morgan fingerprint density at radius 1 is 1.30 bits per heavy atom. The summed E-state index contributed by atoms with van der Waals surface area (Å²) in [6.07, 6.45) is 1.62. The van der Waals surface area contributed by atoms with E-state index in [1.807, 2.05) is 31.2 Å². The van der Waals surface area contributed by atoms with Crippen molar-refractivity contribution in [2.75, 3.05) is 6.54 Å². The molecule has 0 aliphatic heterocycles. The Bertz CT molecular complexity index is 881. The number of aryl methyl sites for hydroxylation is 1. The monoisotopic (exact) mass is 328 g/mol. The Morgan fingerprint density at radius 2 is 2.09 bits per heavy atom. The van der Waals surface area contributed by atoms with E-state index in [2.05, 4.69) is 34.5 Å². The third-order valence-corrected chi connectivity index (χ3v) is 5.09. The molecule has 0 amide bonds. The zero-order chi connectivity index (χ0) is 16.4. The first kappa shape index (κ1) is 15.8. The quantitative estimate of drug-likeness (QED) is 0.782. The van der Waals surface area contributed by atoms with Crippen LogP contribution in [0.25, 0.3) is 10.9 Å². The molecule has 0 fully saturated rings. The first-order chi connectivity index (χ1) is 11.0. The highest BCUT2D eigenvalue weighted by Crippen LogP contribution is 2.23. The molecule has 3 aromatic rings. The van der Waals surface area contributed by atoms with Crippen LogP contribution in [0, 0.1) is 6.92 Å². The number of fused-ring (bicyclic) bond motifs is 1. The number of nitrogens with zero attached hydrogens (tertiary/aromatic N) is 3. The second-order valence-electron chi connectivity index (χ2n) is 6.11. The number of hydrogen-bond donors (Lipinski definition) is 1. The van der Waals surface area contributed by atoms with Crippen molar-refractivity contribution < 1.29 is 0 Å². The third-order valence-electron chi connectivity index (χ3n) is 3.80. The molecular formula is C17H20N4OS. The van der Waals surface area contributed by atoms with Crippen molar-refractivity contribution in [3.63, 3.8) is 0 Å². The number of para-hydroxylation sites is 1. The molecule has 23 heavy (non-hydrogen) atoms. The number of aromatic nitrogens is 3. The van der Waals surface area contributed by atoms with Crippen LogP contribution < -0.4 is 10.9 Å². The van der Waals surface area contributed by atoms with Crippen LogP contribution in [0.1, 0.15) is 24.5 Å². The Balaban J connectivity index is 1.71. The first-order valence-electron chi connectivity index (χ1n) is 7.59. The number of benzene rings is 1. The summed E-state index contributed by atoms with van der Waals surface area (Å²) in [5, 5.41) is 7.24. The van der Waals surface area contributed by atoms with Crippen molar-refractivity contribution in [3.8, 4) is 0 Å². The minimum atomic E-state index is -0.215. The third kappa shape index (κ3) is 3.33. The van der Waals surface area contributed by atoms with Gasteiger partial charge >= 0.3 is 0 Å². The summed E-state index contributed by atoms with van der Waals surface area (Å²) < 4.78 is 1.65. The normalized spacial score (nSPS) is 12.0. The highest BCUT2D eigenvalue weighted by molar-refractivity contribution is 7.09. The number of thiazole rings is 1. The molecule has 5 nitrogen and oxygen atoms in total. The van der Waals surface area contributed by atoms with Crippen molar-refractivity contribution in [1.82, 2.24) is 19.9 Å². The van der Waals surface area contributed by atoms with Gasteiger partial charge in [-0.05, 0) is 32.9 Å². The Labute approximate surface area is 139 Å². The summed E-state index contributed by atoms with van der Waals surface area (Å²) in [6, 6.07) is 7.42. The number of nitrogens with one attached hydrogen (secondary N) is 1. The van der Waals surface area contributed by atoms with Crippen LogP contribution in [-0.4, -0.2) is 21.1 Å². The Morgan fingerprint density at radius 3 is 2.83 bits per heavy atom. The van der Waals surface area contributed by atoms with Gasteiger partial charge in [-0.25, -0.2) is 9.97 Å². The summed E-state index contributed by atoms with van der Waals surface area (Å²) in [7, 11) is 0. The van der Waals surface area contributed by atoms with Gasteiger partial charge in [0.15, 0.2) is 0 Å². The molecule has 1 aromatic carbocycles. The van der Waals surface area contributed by atoms with Gasteiger partial charge in [-0.1, -0.05) is 12.1 Å². The summed E-state index contributed by atoms with van der Waals surface area (Å²) in [4.78, 5) is 21.3. The van der Waals surface area contributed by atoms with E-state index in [-0.39, 0.29) is 11.1 Å².